The van der Waals surface area contributed by atoms with E-state index in [9.17, 15) is 19.5 Å². The van der Waals surface area contributed by atoms with E-state index < -0.39 is 23.0 Å². The lowest BCUT2D eigenvalue weighted by Gasteiger charge is -2.14. The molecule has 29 heavy (non-hydrogen) atoms. The number of aromatic nitrogens is 2. The summed E-state index contributed by atoms with van der Waals surface area (Å²) in [7, 11) is 0. The largest absolute Gasteiger partial charge is 0.477 e. The number of hydrogen-bond donors (Lipinski definition) is 3. The van der Waals surface area contributed by atoms with Crippen LogP contribution >= 0.6 is 11.6 Å². The highest BCUT2D eigenvalue weighted by Crippen LogP contribution is 2.24. The number of aromatic carboxylic acids is 1. The van der Waals surface area contributed by atoms with Crippen molar-refractivity contribution in [2.75, 3.05) is 5.32 Å². The molecule has 3 aromatic rings. The first-order valence-electron chi connectivity index (χ1n) is 8.52. The molecule has 0 radical (unpaired) electrons. The number of rotatable bonds is 6. The second-order valence-corrected chi connectivity index (χ2v) is 6.65. The zero-order valence-corrected chi connectivity index (χ0v) is 16.1. The van der Waals surface area contributed by atoms with Crippen LogP contribution in [0, 0.1) is 6.92 Å². The maximum Gasteiger partial charge on any atom is 0.343 e. The minimum absolute atomic E-state index is 0.0774. The van der Waals surface area contributed by atoms with Gasteiger partial charge in [0.25, 0.3) is 5.56 Å². The van der Waals surface area contributed by atoms with Crippen LogP contribution in [0.15, 0.2) is 53.6 Å². The van der Waals surface area contributed by atoms with Gasteiger partial charge in [-0.25, -0.2) is 4.79 Å². The number of benzene rings is 1. The summed E-state index contributed by atoms with van der Waals surface area (Å²) in [5, 5.41) is 12.6. The molecule has 0 bridgehead atoms. The van der Waals surface area contributed by atoms with E-state index in [1.807, 2.05) is 6.07 Å². The molecule has 0 atom stereocenters. The SMILES string of the molecule is Cc1cc(-n2ccc(NCc3ccccn3)c(C(=O)O)c2=O)cc(Cl)c1C(N)=O. The van der Waals surface area contributed by atoms with Gasteiger partial charge in [0.1, 0.15) is 5.56 Å². The molecule has 0 spiro atoms. The van der Waals surface area contributed by atoms with Crippen molar-refractivity contribution in [2.24, 2.45) is 5.73 Å². The van der Waals surface area contributed by atoms with Crippen LogP contribution in [-0.4, -0.2) is 26.5 Å². The number of carbonyl (C=O) groups excluding carboxylic acids is 1. The molecule has 2 aromatic heterocycles. The molecule has 9 heteroatoms. The Morgan fingerprint density at radius 1 is 1.24 bits per heavy atom. The maximum absolute atomic E-state index is 12.9. The summed E-state index contributed by atoms with van der Waals surface area (Å²) >= 11 is 6.13. The number of carbonyl (C=O) groups is 2. The van der Waals surface area contributed by atoms with Crippen molar-refractivity contribution in [1.82, 2.24) is 9.55 Å². The Morgan fingerprint density at radius 2 is 2.00 bits per heavy atom. The third-order valence-electron chi connectivity index (χ3n) is 4.29. The smallest absolute Gasteiger partial charge is 0.343 e. The van der Waals surface area contributed by atoms with Crippen molar-refractivity contribution >= 4 is 29.2 Å². The molecular weight excluding hydrogens is 396 g/mol. The van der Waals surface area contributed by atoms with Gasteiger partial charge in [-0.1, -0.05) is 17.7 Å². The van der Waals surface area contributed by atoms with Gasteiger partial charge < -0.3 is 16.2 Å². The van der Waals surface area contributed by atoms with E-state index in [0.717, 1.165) is 4.57 Å². The molecule has 0 fully saturated rings. The first-order chi connectivity index (χ1) is 13.8. The predicted molar refractivity (Wildman–Crippen MR) is 109 cm³/mol. The molecule has 0 aliphatic carbocycles. The van der Waals surface area contributed by atoms with E-state index in [4.69, 9.17) is 17.3 Å². The van der Waals surface area contributed by atoms with E-state index >= 15 is 0 Å². The first kappa shape index (κ1) is 20.1. The molecule has 1 aromatic carbocycles. The third-order valence-corrected chi connectivity index (χ3v) is 4.59. The lowest BCUT2D eigenvalue weighted by molar-refractivity contribution is 0.0695. The second-order valence-electron chi connectivity index (χ2n) is 6.24. The summed E-state index contributed by atoms with van der Waals surface area (Å²) in [6.45, 7) is 1.88. The Bertz CT molecular complexity index is 1140. The summed E-state index contributed by atoms with van der Waals surface area (Å²) in [5.74, 6) is -2.06. The fraction of sp³-hybridized carbons (Fsp3) is 0.100. The standard InChI is InChI=1S/C20H17ClN4O4/c1-11-8-13(9-14(21)16(11)18(22)26)25-7-5-15(17(19(25)27)20(28)29)24-10-12-4-2-3-6-23-12/h2-9,24H,10H2,1H3,(H2,22,26)(H,28,29). The van der Waals surface area contributed by atoms with Crippen LogP contribution in [0.1, 0.15) is 32.0 Å². The Labute approximate surface area is 170 Å². The number of carboxylic acid groups (broad SMARTS) is 1. The van der Waals surface area contributed by atoms with Crippen LogP contribution in [-0.2, 0) is 6.54 Å². The van der Waals surface area contributed by atoms with E-state index in [2.05, 4.69) is 10.3 Å². The van der Waals surface area contributed by atoms with Crippen LogP contribution in [0.2, 0.25) is 5.02 Å². The molecule has 8 nitrogen and oxygen atoms in total. The van der Waals surface area contributed by atoms with Crippen LogP contribution in [0.25, 0.3) is 5.69 Å². The average Bonchev–Trinajstić information content (AvgIpc) is 2.65. The van der Waals surface area contributed by atoms with Crippen LogP contribution in [0.5, 0.6) is 0 Å². The summed E-state index contributed by atoms with van der Waals surface area (Å²) < 4.78 is 1.15. The summed E-state index contributed by atoms with van der Waals surface area (Å²) in [5.41, 5.74) is 5.95. The summed E-state index contributed by atoms with van der Waals surface area (Å²) in [4.78, 5) is 40.3. The fourth-order valence-corrected chi connectivity index (χ4v) is 3.31. The van der Waals surface area contributed by atoms with Gasteiger partial charge in [-0.15, -0.1) is 0 Å². The quantitative estimate of drug-likeness (QED) is 0.571. The minimum atomic E-state index is -1.37. The van der Waals surface area contributed by atoms with Gasteiger partial charge in [0.05, 0.1) is 34.2 Å². The first-order valence-corrected chi connectivity index (χ1v) is 8.90. The number of aryl methyl sites for hydroxylation is 1. The molecule has 0 saturated heterocycles. The van der Waals surface area contributed by atoms with Gasteiger partial charge in [-0.3, -0.25) is 19.1 Å². The molecule has 2 heterocycles. The van der Waals surface area contributed by atoms with Gasteiger partial charge in [0.2, 0.25) is 5.91 Å². The van der Waals surface area contributed by atoms with E-state index in [0.29, 0.717) is 16.9 Å². The molecule has 0 aliphatic rings. The molecule has 0 saturated carbocycles. The van der Waals surface area contributed by atoms with Crippen LogP contribution in [0.3, 0.4) is 0 Å². The minimum Gasteiger partial charge on any atom is -0.477 e. The Balaban J connectivity index is 2.04. The number of halogens is 1. The number of carboxylic acids is 1. The average molecular weight is 413 g/mol. The van der Waals surface area contributed by atoms with Gasteiger partial charge >= 0.3 is 5.97 Å². The fourth-order valence-electron chi connectivity index (χ4n) is 2.96. The molecule has 148 valence electrons. The lowest BCUT2D eigenvalue weighted by Crippen LogP contribution is -2.27. The zero-order valence-electron chi connectivity index (χ0n) is 15.3. The van der Waals surface area contributed by atoms with Gasteiger partial charge in [-0.2, -0.15) is 0 Å². The van der Waals surface area contributed by atoms with E-state index in [1.54, 1.807) is 31.3 Å². The number of nitrogens with one attached hydrogen (secondary N) is 1. The van der Waals surface area contributed by atoms with Crippen molar-refractivity contribution in [1.29, 1.82) is 0 Å². The van der Waals surface area contributed by atoms with Crippen molar-refractivity contribution in [3.8, 4) is 5.69 Å². The second kappa shape index (κ2) is 8.15. The molecule has 3 rings (SSSR count). The summed E-state index contributed by atoms with van der Waals surface area (Å²) in [6, 6.07) is 9.77. The van der Waals surface area contributed by atoms with Crippen molar-refractivity contribution in [3.63, 3.8) is 0 Å². The Hall–Kier alpha value is -3.65. The molecular formula is C20H17ClN4O4. The number of hydrogen-bond acceptors (Lipinski definition) is 5. The Kier molecular flexibility index (Phi) is 5.65. The molecule has 0 aliphatic heterocycles. The number of amides is 1. The predicted octanol–water partition coefficient (Wildman–Crippen LogP) is 2.60. The van der Waals surface area contributed by atoms with Gasteiger partial charge in [-0.05, 0) is 42.8 Å². The van der Waals surface area contributed by atoms with Crippen molar-refractivity contribution in [2.45, 2.75) is 13.5 Å². The van der Waals surface area contributed by atoms with Gasteiger partial charge in [0, 0.05) is 12.4 Å². The lowest BCUT2D eigenvalue weighted by atomic mass is 10.1. The maximum atomic E-state index is 12.9. The number of pyridine rings is 2. The third kappa shape index (κ3) is 4.12. The van der Waals surface area contributed by atoms with E-state index in [1.165, 1.54) is 18.3 Å². The van der Waals surface area contributed by atoms with Crippen LogP contribution < -0.4 is 16.6 Å². The van der Waals surface area contributed by atoms with Crippen molar-refractivity contribution < 1.29 is 14.7 Å². The summed E-state index contributed by atoms with van der Waals surface area (Å²) in [6.07, 6.45) is 3.06. The van der Waals surface area contributed by atoms with Gasteiger partial charge in [0.15, 0.2) is 0 Å². The Morgan fingerprint density at radius 3 is 2.59 bits per heavy atom. The number of primary amides is 1. The van der Waals surface area contributed by atoms with Crippen LogP contribution in [0.4, 0.5) is 5.69 Å². The highest BCUT2D eigenvalue weighted by Gasteiger charge is 2.19. The number of nitrogens with two attached hydrogens (primary N) is 1. The van der Waals surface area contributed by atoms with Crippen molar-refractivity contribution in [3.05, 3.63) is 86.6 Å². The molecule has 1 amide bonds. The zero-order chi connectivity index (χ0) is 21.1. The normalized spacial score (nSPS) is 10.6. The highest BCUT2D eigenvalue weighted by atomic mass is 35.5. The monoisotopic (exact) mass is 412 g/mol. The highest BCUT2D eigenvalue weighted by molar-refractivity contribution is 6.34. The van der Waals surface area contributed by atoms with E-state index in [-0.39, 0.29) is 22.8 Å². The molecule has 0 unspecified atom stereocenters. The number of anilines is 1. The number of nitrogens with zero attached hydrogens (tertiary/aromatic N) is 2. The molecule has 4 N–H and O–H groups in total. The topological polar surface area (TPSA) is 127 Å².